The van der Waals surface area contributed by atoms with Gasteiger partial charge in [-0.3, -0.25) is 14.3 Å². The minimum atomic E-state index is -0.135. The lowest BCUT2D eigenvalue weighted by atomic mass is 10.0. The van der Waals surface area contributed by atoms with Crippen LogP contribution < -0.4 is 15.2 Å². The summed E-state index contributed by atoms with van der Waals surface area (Å²) in [5.41, 5.74) is 4.40. The molecule has 1 N–H and O–H groups in total. The van der Waals surface area contributed by atoms with Crippen molar-refractivity contribution in [1.29, 1.82) is 0 Å². The number of aromatic nitrogens is 5. The number of imidazole rings is 1. The van der Waals surface area contributed by atoms with E-state index in [1.165, 1.54) is 0 Å². The molecule has 1 amide bonds. The first kappa shape index (κ1) is 22.3. The molecule has 0 atom stereocenters. The molecule has 7 rings (SSSR count). The second kappa shape index (κ2) is 8.91. The predicted molar refractivity (Wildman–Crippen MR) is 140 cm³/mol. The molecule has 5 heterocycles. The van der Waals surface area contributed by atoms with E-state index in [2.05, 4.69) is 9.97 Å². The minimum Gasteiger partial charge on any atom is -0.454 e. The molecule has 1 saturated heterocycles. The zero-order valence-corrected chi connectivity index (χ0v) is 20.4. The maximum atomic E-state index is 13.6. The summed E-state index contributed by atoms with van der Waals surface area (Å²) in [5, 5.41) is 4.73. The highest BCUT2D eigenvalue weighted by molar-refractivity contribution is 5.93. The molecule has 2 aromatic carbocycles. The van der Waals surface area contributed by atoms with Crippen LogP contribution in [0.3, 0.4) is 0 Å². The summed E-state index contributed by atoms with van der Waals surface area (Å²) in [4.78, 5) is 35.1. The minimum absolute atomic E-state index is 0.0290. The number of nitrogens with zero attached hydrogens (tertiary/aromatic N) is 5. The maximum Gasteiger partial charge on any atom is 0.326 e. The number of para-hydroxylation sites is 2. The average molecular weight is 509 g/mol. The van der Waals surface area contributed by atoms with Gasteiger partial charge < -0.3 is 19.4 Å². The molecular formula is C28H24N6O4. The van der Waals surface area contributed by atoms with Crippen molar-refractivity contribution >= 4 is 16.9 Å². The molecule has 0 bridgehead atoms. The highest BCUT2D eigenvalue weighted by Crippen LogP contribution is 2.35. The Bertz CT molecular complexity index is 1710. The number of nitrogens with one attached hydrogen (secondary N) is 1. The number of fused-ring (bicyclic) bond motifs is 2. The van der Waals surface area contributed by atoms with Crippen LogP contribution in [0.4, 0.5) is 0 Å². The van der Waals surface area contributed by atoms with E-state index in [4.69, 9.17) is 14.6 Å². The van der Waals surface area contributed by atoms with E-state index in [1.54, 1.807) is 17.1 Å². The second-order valence-electron chi connectivity index (χ2n) is 9.44. The Morgan fingerprint density at radius 2 is 1.74 bits per heavy atom. The summed E-state index contributed by atoms with van der Waals surface area (Å²) in [6.07, 6.45) is 4.80. The van der Waals surface area contributed by atoms with E-state index in [9.17, 15) is 9.59 Å². The number of benzene rings is 2. The number of rotatable bonds is 4. The highest BCUT2D eigenvalue weighted by atomic mass is 16.7. The number of carbonyl (C=O) groups excluding carboxylic acids is 1. The zero-order valence-electron chi connectivity index (χ0n) is 20.4. The molecule has 0 aliphatic carbocycles. The number of amides is 1. The van der Waals surface area contributed by atoms with Gasteiger partial charge in [-0.05, 0) is 55.3 Å². The summed E-state index contributed by atoms with van der Waals surface area (Å²) < 4.78 is 14.6. The first-order valence-electron chi connectivity index (χ1n) is 12.5. The third-order valence-electron chi connectivity index (χ3n) is 7.25. The Balaban J connectivity index is 1.17. The third kappa shape index (κ3) is 3.73. The predicted octanol–water partition coefficient (Wildman–Crippen LogP) is 3.78. The SMILES string of the molecule is O=C(c1cc(-c2ccncc2)n(-c2ccc3c(c2)OCO3)n1)N1CCC(n2c(=O)[nH]c3ccccc32)CC1. The number of likely N-dealkylation sites (tertiary alicyclic amines) is 1. The van der Waals surface area contributed by atoms with Crippen molar-refractivity contribution in [3.05, 3.63) is 89.2 Å². The van der Waals surface area contributed by atoms with Crippen LogP contribution >= 0.6 is 0 Å². The quantitative estimate of drug-likeness (QED) is 0.396. The van der Waals surface area contributed by atoms with Gasteiger partial charge in [0.2, 0.25) is 6.79 Å². The van der Waals surface area contributed by atoms with Crippen molar-refractivity contribution in [1.82, 2.24) is 29.2 Å². The van der Waals surface area contributed by atoms with E-state index in [0.717, 1.165) is 28.0 Å². The molecule has 2 aliphatic rings. The van der Waals surface area contributed by atoms with Gasteiger partial charge in [0.05, 0.1) is 22.4 Å². The number of aromatic amines is 1. The van der Waals surface area contributed by atoms with Crippen LogP contribution in [0.2, 0.25) is 0 Å². The van der Waals surface area contributed by atoms with Gasteiger partial charge in [0.1, 0.15) is 0 Å². The van der Waals surface area contributed by atoms with Gasteiger partial charge in [-0.25, -0.2) is 9.48 Å². The fourth-order valence-corrected chi connectivity index (χ4v) is 5.35. The largest absolute Gasteiger partial charge is 0.454 e. The fourth-order valence-electron chi connectivity index (χ4n) is 5.35. The standard InChI is InChI=1S/C28H24N6O4/c35-27(32-13-9-19(10-14-32)33-23-4-2-1-3-21(23)30-28(33)36)22-16-24(18-7-11-29-12-8-18)34(31-22)20-5-6-25-26(15-20)38-17-37-25/h1-8,11-12,15-16,19H,9-10,13-14,17H2,(H,30,36). The number of ether oxygens (including phenoxy) is 2. The monoisotopic (exact) mass is 508 g/mol. The van der Waals surface area contributed by atoms with Crippen LogP contribution in [0.15, 0.2) is 77.9 Å². The number of pyridine rings is 1. The normalized spacial score (nSPS) is 15.3. The summed E-state index contributed by atoms with van der Waals surface area (Å²) in [7, 11) is 0. The van der Waals surface area contributed by atoms with Crippen LogP contribution in [-0.4, -0.2) is 55.0 Å². The van der Waals surface area contributed by atoms with E-state index in [0.29, 0.717) is 43.1 Å². The highest BCUT2D eigenvalue weighted by Gasteiger charge is 2.29. The van der Waals surface area contributed by atoms with Gasteiger partial charge in [-0.2, -0.15) is 5.10 Å². The number of hydrogen-bond acceptors (Lipinski definition) is 6. The fraction of sp³-hybridized carbons (Fsp3) is 0.214. The first-order chi connectivity index (χ1) is 18.7. The van der Waals surface area contributed by atoms with Gasteiger partial charge in [-0.1, -0.05) is 12.1 Å². The molecule has 0 radical (unpaired) electrons. The molecule has 10 nitrogen and oxygen atoms in total. The van der Waals surface area contributed by atoms with Crippen molar-refractivity contribution < 1.29 is 14.3 Å². The number of hydrogen-bond donors (Lipinski definition) is 1. The van der Waals surface area contributed by atoms with Gasteiger partial charge in [0.15, 0.2) is 17.2 Å². The van der Waals surface area contributed by atoms with Crippen LogP contribution in [0, 0.1) is 0 Å². The smallest absolute Gasteiger partial charge is 0.326 e. The van der Waals surface area contributed by atoms with Crippen molar-refractivity contribution in [3.8, 4) is 28.4 Å². The topological polar surface area (TPSA) is 107 Å². The Kier molecular flexibility index (Phi) is 5.24. The molecule has 3 aromatic heterocycles. The second-order valence-corrected chi connectivity index (χ2v) is 9.44. The van der Waals surface area contributed by atoms with Gasteiger partial charge in [-0.15, -0.1) is 0 Å². The summed E-state index contributed by atoms with van der Waals surface area (Å²) in [6.45, 7) is 1.26. The number of carbonyl (C=O) groups is 1. The van der Waals surface area contributed by atoms with Crippen LogP contribution in [0.1, 0.15) is 29.4 Å². The summed E-state index contributed by atoms with van der Waals surface area (Å²) in [5.74, 6) is 1.19. The lowest BCUT2D eigenvalue weighted by Gasteiger charge is -2.32. The van der Waals surface area contributed by atoms with Gasteiger partial charge in [0, 0.05) is 43.2 Å². The molecule has 0 unspecified atom stereocenters. The molecule has 190 valence electrons. The van der Waals surface area contributed by atoms with E-state index < -0.39 is 0 Å². The lowest BCUT2D eigenvalue weighted by molar-refractivity contribution is 0.0688. The van der Waals surface area contributed by atoms with Gasteiger partial charge >= 0.3 is 5.69 Å². The number of H-pyrrole nitrogens is 1. The van der Waals surface area contributed by atoms with Crippen LogP contribution in [-0.2, 0) is 0 Å². The molecule has 2 aliphatic heterocycles. The molecule has 1 fully saturated rings. The van der Waals surface area contributed by atoms with Crippen molar-refractivity contribution in [2.24, 2.45) is 0 Å². The first-order valence-corrected chi connectivity index (χ1v) is 12.5. The Morgan fingerprint density at radius 3 is 2.58 bits per heavy atom. The molecule has 38 heavy (non-hydrogen) atoms. The van der Waals surface area contributed by atoms with E-state index in [1.807, 2.05) is 70.1 Å². The van der Waals surface area contributed by atoms with E-state index >= 15 is 0 Å². The lowest BCUT2D eigenvalue weighted by Crippen LogP contribution is -2.40. The van der Waals surface area contributed by atoms with Crippen molar-refractivity contribution in [2.75, 3.05) is 19.9 Å². The Morgan fingerprint density at radius 1 is 0.947 bits per heavy atom. The Hall–Kier alpha value is -4.86. The maximum absolute atomic E-state index is 13.6. The molecule has 5 aromatic rings. The Labute approximate surface area is 217 Å². The third-order valence-corrected chi connectivity index (χ3v) is 7.25. The molecule has 0 spiro atoms. The van der Waals surface area contributed by atoms with Crippen LogP contribution in [0.25, 0.3) is 28.0 Å². The summed E-state index contributed by atoms with van der Waals surface area (Å²) >= 11 is 0. The van der Waals surface area contributed by atoms with Crippen molar-refractivity contribution in [3.63, 3.8) is 0 Å². The van der Waals surface area contributed by atoms with Crippen LogP contribution in [0.5, 0.6) is 11.5 Å². The zero-order chi connectivity index (χ0) is 25.6. The molecule has 10 heteroatoms. The average Bonchev–Trinajstić information content (AvgIpc) is 3.69. The summed E-state index contributed by atoms with van der Waals surface area (Å²) in [6, 6.07) is 18.9. The molecule has 0 saturated carbocycles. The van der Waals surface area contributed by atoms with Gasteiger partial charge in [0.25, 0.3) is 5.91 Å². The van der Waals surface area contributed by atoms with Crippen molar-refractivity contribution in [2.45, 2.75) is 18.9 Å². The number of piperidine rings is 1. The molecular weight excluding hydrogens is 484 g/mol. The van der Waals surface area contributed by atoms with E-state index in [-0.39, 0.29) is 24.4 Å².